The van der Waals surface area contributed by atoms with E-state index < -0.39 is 0 Å². The first-order chi connectivity index (χ1) is 10.2. The molecule has 0 N–H and O–H groups in total. The van der Waals surface area contributed by atoms with Crippen LogP contribution in [0.4, 0.5) is 0 Å². The monoisotopic (exact) mass is 303 g/mol. The van der Waals surface area contributed by atoms with Crippen LogP contribution in [-0.2, 0) is 16.6 Å². The molecule has 1 aliphatic heterocycles. The molecule has 0 radical (unpaired) electrons. The number of ether oxygens (including phenoxy) is 1. The van der Waals surface area contributed by atoms with E-state index in [9.17, 15) is 0 Å². The van der Waals surface area contributed by atoms with Crippen molar-refractivity contribution in [2.75, 3.05) is 19.6 Å². The fourth-order valence-corrected chi connectivity index (χ4v) is 3.48. The summed E-state index contributed by atoms with van der Waals surface area (Å²) in [5.41, 5.74) is 3.11. The van der Waals surface area contributed by atoms with Crippen LogP contribution in [0.25, 0.3) is 0 Å². The molecule has 0 bridgehead atoms. The Hall–Kier alpha value is -0.860. The molecule has 2 heteroatoms. The number of hydrogen-bond acceptors (Lipinski definition) is 2. The van der Waals surface area contributed by atoms with Crippen molar-refractivity contribution in [3.05, 3.63) is 35.4 Å². The summed E-state index contributed by atoms with van der Waals surface area (Å²) in [5.74, 6) is 0.679. The summed E-state index contributed by atoms with van der Waals surface area (Å²) in [6.07, 6.45) is 1.88. The van der Waals surface area contributed by atoms with E-state index in [-0.39, 0.29) is 5.41 Å². The molecule has 22 heavy (non-hydrogen) atoms. The molecule has 1 aliphatic rings. The van der Waals surface area contributed by atoms with E-state index in [0.717, 1.165) is 19.5 Å². The second-order valence-corrected chi connectivity index (χ2v) is 8.23. The van der Waals surface area contributed by atoms with E-state index in [2.05, 4.69) is 70.7 Å². The van der Waals surface area contributed by atoms with Crippen LogP contribution in [0.5, 0.6) is 0 Å². The van der Waals surface area contributed by atoms with Gasteiger partial charge in [0.1, 0.15) is 0 Å². The lowest BCUT2D eigenvalue weighted by atomic mass is 9.86. The predicted octanol–water partition coefficient (Wildman–Crippen LogP) is 4.27. The predicted molar refractivity (Wildman–Crippen MR) is 94.5 cm³/mol. The first-order valence-electron chi connectivity index (χ1n) is 8.71. The summed E-state index contributed by atoms with van der Waals surface area (Å²) >= 11 is 0. The summed E-state index contributed by atoms with van der Waals surface area (Å²) in [6, 6.07) is 9.20. The molecular weight excluding hydrogens is 270 g/mol. The van der Waals surface area contributed by atoms with Crippen molar-refractivity contribution in [1.29, 1.82) is 0 Å². The third-order valence-corrected chi connectivity index (χ3v) is 4.47. The summed E-state index contributed by atoms with van der Waals surface area (Å²) in [5, 5.41) is 0. The van der Waals surface area contributed by atoms with Gasteiger partial charge in [0, 0.05) is 19.6 Å². The molecule has 0 amide bonds. The van der Waals surface area contributed by atoms with Gasteiger partial charge in [-0.15, -0.1) is 0 Å². The van der Waals surface area contributed by atoms with Crippen LogP contribution in [0.3, 0.4) is 0 Å². The molecule has 2 unspecified atom stereocenters. The zero-order chi connectivity index (χ0) is 16.3. The first-order valence-corrected chi connectivity index (χ1v) is 8.71. The van der Waals surface area contributed by atoms with Crippen LogP contribution in [0.15, 0.2) is 24.3 Å². The quantitative estimate of drug-likeness (QED) is 0.823. The zero-order valence-electron chi connectivity index (χ0n) is 15.2. The van der Waals surface area contributed by atoms with Gasteiger partial charge in [0.2, 0.25) is 0 Å². The average Bonchev–Trinajstić information content (AvgIpc) is 2.36. The SMILES string of the molecule is CC(Cc1ccc(C(C)(C)C)cc1)CN1CC(C)O[C@@H](C)C1. The van der Waals surface area contributed by atoms with Crippen molar-refractivity contribution in [2.45, 2.75) is 65.6 Å². The molecule has 2 rings (SSSR count). The normalized spacial score (nSPS) is 25.2. The Bertz CT molecular complexity index is 450. The van der Waals surface area contributed by atoms with Crippen molar-refractivity contribution in [3.63, 3.8) is 0 Å². The lowest BCUT2D eigenvalue weighted by Gasteiger charge is -2.36. The molecule has 0 saturated carbocycles. The van der Waals surface area contributed by atoms with E-state index in [4.69, 9.17) is 4.74 Å². The van der Waals surface area contributed by atoms with Gasteiger partial charge < -0.3 is 4.74 Å². The smallest absolute Gasteiger partial charge is 0.0678 e. The van der Waals surface area contributed by atoms with Gasteiger partial charge in [-0.25, -0.2) is 0 Å². The maximum atomic E-state index is 5.82. The molecule has 1 fully saturated rings. The zero-order valence-corrected chi connectivity index (χ0v) is 15.2. The van der Waals surface area contributed by atoms with E-state index >= 15 is 0 Å². The third-order valence-electron chi connectivity index (χ3n) is 4.47. The molecule has 1 heterocycles. The Kier molecular flexibility index (Phi) is 5.68. The lowest BCUT2D eigenvalue weighted by molar-refractivity contribution is -0.0708. The van der Waals surface area contributed by atoms with Crippen LogP contribution < -0.4 is 0 Å². The van der Waals surface area contributed by atoms with Gasteiger partial charge in [-0.3, -0.25) is 4.90 Å². The minimum atomic E-state index is 0.240. The van der Waals surface area contributed by atoms with Gasteiger partial charge in [0.15, 0.2) is 0 Å². The standard InChI is InChI=1S/C20H33NO/c1-15(12-21-13-16(2)22-17(3)14-21)11-18-7-9-19(10-8-18)20(4,5)6/h7-10,15-17H,11-14H2,1-6H3/t15?,16-,17?/m0/s1. The summed E-state index contributed by atoms with van der Waals surface area (Å²) in [4.78, 5) is 2.56. The highest BCUT2D eigenvalue weighted by Gasteiger charge is 2.23. The minimum Gasteiger partial charge on any atom is -0.373 e. The Balaban J connectivity index is 1.87. The second kappa shape index (κ2) is 7.14. The second-order valence-electron chi connectivity index (χ2n) is 8.23. The molecule has 3 atom stereocenters. The topological polar surface area (TPSA) is 12.5 Å². The van der Waals surface area contributed by atoms with Crippen molar-refractivity contribution in [1.82, 2.24) is 4.90 Å². The molecular formula is C20H33NO. The Morgan fingerprint density at radius 3 is 2.14 bits per heavy atom. The molecule has 1 aromatic carbocycles. The number of nitrogens with zero attached hydrogens (tertiary/aromatic N) is 1. The van der Waals surface area contributed by atoms with E-state index in [1.54, 1.807) is 0 Å². The molecule has 1 aromatic rings. The average molecular weight is 303 g/mol. The summed E-state index contributed by atoms with van der Waals surface area (Å²) < 4.78 is 5.82. The van der Waals surface area contributed by atoms with Crippen LogP contribution in [-0.4, -0.2) is 36.7 Å². The number of rotatable bonds is 4. The van der Waals surface area contributed by atoms with Gasteiger partial charge in [0.05, 0.1) is 12.2 Å². The van der Waals surface area contributed by atoms with Gasteiger partial charge in [-0.05, 0) is 42.7 Å². The minimum absolute atomic E-state index is 0.240. The molecule has 0 spiro atoms. The summed E-state index contributed by atoms with van der Waals surface area (Å²) in [6.45, 7) is 16.8. The Labute approximate surface area is 136 Å². The van der Waals surface area contributed by atoms with Crippen LogP contribution in [0, 0.1) is 5.92 Å². The molecule has 1 saturated heterocycles. The van der Waals surface area contributed by atoms with Gasteiger partial charge in [0.25, 0.3) is 0 Å². The van der Waals surface area contributed by atoms with Crippen LogP contribution in [0.2, 0.25) is 0 Å². The maximum absolute atomic E-state index is 5.82. The highest BCUT2D eigenvalue weighted by Crippen LogP contribution is 2.23. The van der Waals surface area contributed by atoms with Crippen molar-refractivity contribution >= 4 is 0 Å². The van der Waals surface area contributed by atoms with E-state index in [0.29, 0.717) is 18.1 Å². The Morgan fingerprint density at radius 1 is 1.09 bits per heavy atom. The van der Waals surface area contributed by atoms with Crippen LogP contribution >= 0.6 is 0 Å². The largest absolute Gasteiger partial charge is 0.373 e. The third kappa shape index (κ3) is 5.10. The highest BCUT2D eigenvalue weighted by molar-refractivity contribution is 5.27. The summed E-state index contributed by atoms with van der Waals surface area (Å²) in [7, 11) is 0. The number of benzene rings is 1. The molecule has 0 aliphatic carbocycles. The van der Waals surface area contributed by atoms with Gasteiger partial charge in [-0.1, -0.05) is 52.0 Å². The molecule has 124 valence electrons. The van der Waals surface area contributed by atoms with Crippen LogP contribution in [0.1, 0.15) is 52.7 Å². The number of morpholine rings is 1. The van der Waals surface area contributed by atoms with E-state index in [1.165, 1.54) is 17.7 Å². The van der Waals surface area contributed by atoms with Crippen molar-refractivity contribution in [2.24, 2.45) is 5.92 Å². The van der Waals surface area contributed by atoms with Crippen molar-refractivity contribution < 1.29 is 4.74 Å². The van der Waals surface area contributed by atoms with Gasteiger partial charge >= 0.3 is 0 Å². The fourth-order valence-electron chi connectivity index (χ4n) is 3.48. The van der Waals surface area contributed by atoms with Gasteiger partial charge in [-0.2, -0.15) is 0 Å². The fraction of sp³-hybridized carbons (Fsp3) is 0.700. The molecule has 0 aromatic heterocycles. The maximum Gasteiger partial charge on any atom is 0.0678 e. The first kappa shape index (κ1) is 17.5. The molecule has 2 nitrogen and oxygen atoms in total. The van der Waals surface area contributed by atoms with Crippen molar-refractivity contribution in [3.8, 4) is 0 Å². The van der Waals surface area contributed by atoms with E-state index in [1.807, 2.05) is 0 Å². The lowest BCUT2D eigenvalue weighted by Crippen LogP contribution is -2.47. The Morgan fingerprint density at radius 2 is 1.64 bits per heavy atom. The number of hydrogen-bond donors (Lipinski definition) is 0. The highest BCUT2D eigenvalue weighted by atomic mass is 16.5.